The third-order valence-corrected chi connectivity index (χ3v) is 3.86. The molecule has 0 spiro atoms. The van der Waals surface area contributed by atoms with Crippen LogP contribution < -0.4 is 4.90 Å². The minimum absolute atomic E-state index is 0.231. The molecule has 0 unspecified atom stereocenters. The molecule has 0 atom stereocenters. The zero-order chi connectivity index (χ0) is 16.9. The van der Waals surface area contributed by atoms with Crippen molar-refractivity contribution in [1.82, 2.24) is 0 Å². The van der Waals surface area contributed by atoms with Crippen LogP contribution in [0.3, 0.4) is 0 Å². The third-order valence-electron chi connectivity index (χ3n) is 3.66. The van der Waals surface area contributed by atoms with Gasteiger partial charge in [0.15, 0.2) is 0 Å². The summed E-state index contributed by atoms with van der Waals surface area (Å²) in [4.78, 5) is 18.2. The maximum Gasteiger partial charge on any atom is 0.337 e. The fourth-order valence-electron chi connectivity index (χ4n) is 2.53. The van der Waals surface area contributed by atoms with Crippen molar-refractivity contribution in [3.05, 3.63) is 59.7 Å². The van der Waals surface area contributed by atoms with Gasteiger partial charge in [-0.3, -0.25) is 0 Å². The fraction of sp³-hybridized carbons (Fsp3) is 0.222. The van der Waals surface area contributed by atoms with Crippen molar-refractivity contribution >= 4 is 34.1 Å². The standard InChI is InChI=1S/C18H17ClN2O3/c1-23-18(22)14-7-8-16-15(9-14)20-17(19)11-24-12-21(16)10-13-5-3-2-4-6-13/h2-9H,10-12H2,1H3. The summed E-state index contributed by atoms with van der Waals surface area (Å²) < 4.78 is 10.4. The second-order valence-corrected chi connectivity index (χ2v) is 5.78. The molecule has 0 saturated carbocycles. The first kappa shape index (κ1) is 16.5. The number of nitrogens with zero attached hydrogens (tertiary/aromatic N) is 2. The molecule has 0 N–H and O–H groups in total. The smallest absolute Gasteiger partial charge is 0.337 e. The molecule has 6 heteroatoms. The summed E-state index contributed by atoms with van der Waals surface area (Å²) in [5.41, 5.74) is 3.07. The van der Waals surface area contributed by atoms with Gasteiger partial charge in [0.1, 0.15) is 18.5 Å². The molecule has 1 heterocycles. The number of aliphatic imine (C=N–C) groups is 1. The quantitative estimate of drug-likeness (QED) is 0.796. The highest BCUT2D eigenvalue weighted by atomic mass is 35.5. The molecule has 24 heavy (non-hydrogen) atoms. The number of carbonyl (C=O) groups excluding carboxylic acids is 1. The van der Waals surface area contributed by atoms with Crippen LogP contribution in [0.25, 0.3) is 0 Å². The van der Waals surface area contributed by atoms with Crippen molar-refractivity contribution in [3.8, 4) is 0 Å². The Morgan fingerprint density at radius 3 is 2.83 bits per heavy atom. The van der Waals surface area contributed by atoms with E-state index < -0.39 is 5.97 Å². The van der Waals surface area contributed by atoms with E-state index in [2.05, 4.69) is 22.0 Å². The van der Waals surface area contributed by atoms with Gasteiger partial charge in [-0.25, -0.2) is 9.79 Å². The molecule has 0 fully saturated rings. The van der Waals surface area contributed by atoms with Crippen molar-refractivity contribution in [2.45, 2.75) is 6.54 Å². The number of fused-ring (bicyclic) bond motifs is 1. The minimum atomic E-state index is -0.406. The molecular formula is C18H17ClN2O3. The average molecular weight is 345 g/mol. The molecule has 0 bridgehead atoms. The molecule has 0 saturated heterocycles. The highest BCUT2D eigenvalue weighted by Gasteiger charge is 2.18. The maximum absolute atomic E-state index is 11.8. The Morgan fingerprint density at radius 1 is 1.29 bits per heavy atom. The average Bonchev–Trinajstić information content (AvgIpc) is 2.59. The lowest BCUT2D eigenvalue weighted by Crippen LogP contribution is -2.28. The van der Waals surface area contributed by atoms with E-state index in [0.717, 1.165) is 11.3 Å². The van der Waals surface area contributed by atoms with Crippen molar-refractivity contribution < 1.29 is 14.3 Å². The highest BCUT2D eigenvalue weighted by Crippen LogP contribution is 2.33. The summed E-state index contributed by atoms with van der Waals surface area (Å²) >= 11 is 6.09. The molecule has 3 rings (SSSR count). The summed E-state index contributed by atoms with van der Waals surface area (Å²) in [5.74, 6) is -0.406. The van der Waals surface area contributed by atoms with Gasteiger partial charge in [0, 0.05) is 6.54 Å². The van der Waals surface area contributed by atoms with E-state index in [1.54, 1.807) is 12.1 Å². The van der Waals surface area contributed by atoms with Gasteiger partial charge < -0.3 is 14.4 Å². The summed E-state index contributed by atoms with van der Waals surface area (Å²) in [5, 5.41) is 0.345. The van der Waals surface area contributed by atoms with Gasteiger partial charge in [-0.1, -0.05) is 41.9 Å². The monoisotopic (exact) mass is 344 g/mol. The van der Waals surface area contributed by atoms with Gasteiger partial charge in [0.25, 0.3) is 0 Å². The molecule has 1 aliphatic heterocycles. The maximum atomic E-state index is 11.8. The predicted molar refractivity (Wildman–Crippen MR) is 94.2 cm³/mol. The lowest BCUT2D eigenvalue weighted by molar-refractivity contribution is 0.0601. The number of hydrogen-bond donors (Lipinski definition) is 0. The van der Waals surface area contributed by atoms with E-state index >= 15 is 0 Å². The molecule has 2 aromatic carbocycles. The Balaban J connectivity index is 1.99. The Bertz CT molecular complexity index is 762. The van der Waals surface area contributed by atoms with Crippen LogP contribution in [-0.2, 0) is 16.0 Å². The van der Waals surface area contributed by atoms with E-state index in [0.29, 0.717) is 29.7 Å². The van der Waals surface area contributed by atoms with Crippen LogP contribution in [0.4, 0.5) is 11.4 Å². The lowest BCUT2D eigenvalue weighted by Gasteiger charge is -2.27. The lowest BCUT2D eigenvalue weighted by atomic mass is 10.1. The van der Waals surface area contributed by atoms with Crippen LogP contribution in [0, 0.1) is 0 Å². The summed E-state index contributed by atoms with van der Waals surface area (Å²) in [6.07, 6.45) is 0. The number of rotatable bonds is 3. The molecular weight excluding hydrogens is 328 g/mol. The Morgan fingerprint density at radius 2 is 2.08 bits per heavy atom. The Hall–Kier alpha value is -2.37. The number of benzene rings is 2. The van der Waals surface area contributed by atoms with Crippen LogP contribution in [-0.4, -0.2) is 31.6 Å². The van der Waals surface area contributed by atoms with Crippen molar-refractivity contribution in [2.24, 2.45) is 4.99 Å². The number of carbonyl (C=O) groups is 1. The second kappa shape index (κ2) is 7.47. The zero-order valence-electron chi connectivity index (χ0n) is 13.2. The first-order valence-electron chi connectivity index (χ1n) is 7.49. The molecule has 5 nitrogen and oxygen atoms in total. The molecule has 0 aliphatic carbocycles. The topological polar surface area (TPSA) is 51.1 Å². The third kappa shape index (κ3) is 3.75. The molecule has 0 aromatic heterocycles. The molecule has 2 aromatic rings. The van der Waals surface area contributed by atoms with Crippen LogP contribution in [0.5, 0.6) is 0 Å². The van der Waals surface area contributed by atoms with Crippen LogP contribution in [0.1, 0.15) is 15.9 Å². The number of esters is 1. The fourth-order valence-corrected chi connectivity index (χ4v) is 2.70. The van der Waals surface area contributed by atoms with Gasteiger partial charge in [-0.2, -0.15) is 0 Å². The van der Waals surface area contributed by atoms with E-state index in [9.17, 15) is 4.79 Å². The normalized spacial score (nSPS) is 14.2. The first-order valence-corrected chi connectivity index (χ1v) is 7.87. The number of halogens is 1. The van der Waals surface area contributed by atoms with Crippen molar-refractivity contribution in [3.63, 3.8) is 0 Å². The highest BCUT2D eigenvalue weighted by molar-refractivity contribution is 6.66. The largest absolute Gasteiger partial charge is 0.465 e. The first-order chi connectivity index (χ1) is 11.7. The van der Waals surface area contributed by atoms with Crippen LogP contribution in [0.2, 0.25) is 0 Å². The zero-order valence-corrected chi connectivity index (χ0v) is 14.0. The van der Waals surface area contributed by atoms with E-state index in [1.165, 1.54) is 7.11 Å². The molecule has 124 valence electrons. The van der Waals surface area contributed by atoms with Gasteiger partial charge in [0.05, 0.1) is 24.0 Å². The van der Waals surface area contributed by atoms with Crippen LogP contribution in [0.15, 0.2) is 53.5 Å². The van der Waals surface area contributed by atoms with Crippen LogP contribution >= 0.6 is 11.6 Å². The van der Waals surface area contributed by atoms with Crippen molar-refractivity contribution in [1.29, 1.82) is 0 Å². The molecule has 0 radical (unpaired) electrons. The second-order valence-electron chi connectivity index (χ2n) is 5.34. The summed E-state index contributed by atoms with van der Waals surface area (Å²) in [7, 11) is 1.35. The summed E-state index contributed by atoms with van der Waals surface area (Å²) in [6, 6.07) is 15.3. The van der Waals surface area contributed by atoms with E-state index in [-0.39, 0.29) is 6.61 Å². The van der Waals surface area contributed by atoms with Gasteiger partial charge in [0.2, 0.25) is 0 Å². The summed E-state index contributed by atoms with van der Waals surface area (Å²) in [6.45, 7) is 1.28. The number of anilines is 1. The van der Waals surface area contributed by atoms with Gasteiger partial charge in [-0.15, -0.1) is 0 Å². The Kier molecular flexibility index (Phi) is 5.13. The number of ether oxygens (including phenoxy) is 2. The van der Waals surface area contributed by atoms with Crippen molar-refractivity contribution in [2.75, 3.05) is 25.3 Å². The minimum Gasteiger partial charge on any atom is -0.465 e. The SMILES string of the molecule is COC(=O)c1ccc2c(c1)N=C(Cl)COCN2Cc1ccccc1. The molecule has 0 amide bonds. The van der Waals surface area contributed by atoms with E-state index in [4.69, 9.17) is 21.1 Å². The van der Waals surface area contributed by atoms with Gasteiger partial charge in [-0.05, 0) is 23.8 Å². The Labute approximate surface area is 145 Å². The number of hydrogen-bond acceptors (Lipinski definition) is 5. The predicted octanol–water partition coefficient (Wildman–Crippen LogP) is 3.74. The molecule has 1 aliphatic rings. The van der Waals surface area contributed by atoms with Gasteiger partial charge >= 0.3 is 5.97 Å². The van der Waals surface area contributed by atoms with E-state index in [1.807, 2.05) is 24.3 Å². The number of methoxy groups -OCH3 is 1.